The highest BCUT2D eigenvalue weighted by atomic mass is 32.2. The van der Waals surface area contributed by atoms with Gasteiger partial charge in [-0.2, -0.15) is 0 Å². The number of carbonyl (C=O) groups excluding carboxylic acids is 2. The second kappa shape index (κ2) is 8.28. The molecule has 7 heteroatoms. The van der Waals surface area contributed by atoms with E-state index in [0.29, 0.717) is 31.0 Å². The maximum atomic E-state index is 12.5. The third-order valence-corrected chi connectivity index (χ3v) is 5.29. The van der Waals surface area contributed by atoms with Crippen LogP contribution >= 0.6 is 11.8 Å². The number of amides is 2. The predicted molar refractivity (Wildman–Crippen MR) is 94.4 cm³/mol. The van der Waals surface area contributed by atoms with Crippen LogP contribution < -0.4 is 14.8 Å². The van der Waals surface area contributed by atoms with Crippen LogP contribution in [-0.2, 0) is 9.59 Å². The maximum Gasteiger partial charge on any atom is 0.236 e. The van der Waals surface area contributed by atoms with Gasteiger partial charge in [0, 0.05) is 19.5 Å². The Balaban J connectivity index is 2.20. The predicted octanol–water partition coefficient (Wildman–Crippen LogP) is 2.19. The van der Waals surface area contributed by atoms with E-state index in [4.69, 9.17) is 9.47 Å². The molecule has 2 amide bonds. The normalized spacial score (nSPS) is 20.2. The molecule has 1 aromatic carbocycles. The third kappa shape index (κ3) is 3.95. The van der Waals surface area contributed by atoms with Gasteiger partial charge in [0.2, 0.25) is 11.8 Å². The molecule has 1 fully saturated rings. The first kappa shape index (κ1) is 18.4. The fourth-order valence-electron chi connectivity index (χ4n) is 2.67. The number of rotatable bonds is 7. The highest BCUT2D eigenvalue weighted by molar-refractivity contribution is 8.01. The average Bonchev–Trinajstić information content (AvgIpc) is 2.87. The summed E-state index contributed by atoms with van der Waals surface area (Å²) in [6.45, 7) is 4.77. The summed E-state index contributed by atoms with van der Waals surface area (Å²) < 4.78 is 10.6. The fraction of sp³-hybridized carbons (Fsp3) is 0.529. The summed E-state index contributed by atoms with van der Waals surface area (Å²) in [7, 11) is 3.18. The van der Waals surface area contributed by atoms with Crippen molar-refractivity contribution in [2.24, 2.45) is 0 Å². The quantitative estimate of drug-likeness (QED) is 0.815. The van der Waals surface area contributed by atoms with Crippen LogP contribution in [-0.4, -0.2) is 49.3 Å². The molecule has 0 radical (unpaired) electrons. The molecule has 0 unspecified atom stereocenters. The van der Waals surface area contributed by atoms with Crippen LogP contribution in [0.15, 0.2) is 18.2 Å². The smallest absolute Gasteiger partial charge is 0.236 e. The van der Waals surface area contributed by atoms with Crippen molar-refractivity contribution in [3.8, 4) is 11.5 Å². The summed E-state index contributed by atoms with van der Waals surface area (Å²) in [5, 5.41) is 2.51. The lowest BCUT2D eigenvalue weighted by Gasteiger charge is -2.24. The van der Waals surface area contributed by atoms with Crippen molar-refractivity contribution in [2.75, 3.05) is 27.3 Å². The Kier molecular flexibility index (Phi) is 6.36. The number of ether oxygens (including phenoxy) is 2. The van der Waals surface area contributed by atoms with Gasteiger partial charge in [-0.3, -0.25) is 9.59 Å². The van der Waals surface area contributed by atoms with E-state index < -0.39 is 0 Å². The second-order valence-corrected chi connectivity index (χ2v) is 6.91. The largest absolute Gasteiger partial charge is 0.493 e. The van der Waals surface area contributed by atoms with Crippen molar-refractivity contribution >= 4 is 23.6 Å². The van der Waals surface area contributed by atoms with Gasteiger partial charge in [-0.15, -0.1) is 11.8 Å². The van der Waals surface area contributed by atoms with E-state index in [9.17, 15) is 9.59 Å². The van der Waals surface area contributed by atoms with Gasteiger partial charge < -0.3 is 19.7 Å². The summed E-state index contributed by atoms with van der Waals surface area (Å²) in [5.74, 6) is 1.30. The summed E-state index contributed by atoms with van der Waals surface area (Å²) in [6, 6.07) is 5.66. The minimum atomic E-state index is -0.127. The Labute approximate surface area is 146 Å². The Morgan fingerprint density at radius 1 is 1.29 bits per heavy atom. The second-order valence-electron chi connectivity index (χ2n) is 5.48. The SMILES string of the molecule is CCNC(=O)CCN1C(=O)[C@H](C)S[C@H]1c1ccc(OC)c(OC)c1. The van der Waals surface area contributed by atoms with E-state index in [1.807, 2.05) is 32.0 Å². The van der Waals surface area contributed by atoms with Gasteiger partial charge in [0.25, 0.3) is 0 Å². The molecule has 0 bridgehead atoms. The number of nitrogens with zero attached hydrogens (tertiary/aromatic N) is 1. The van der Waals surface area contributed by atoms with Crippen LogP contribution in [0.3, 0.4) is 0 Å². The van der Waals surface area contributed by atoms with Gasteiger partial charge >= 0.3 is 0 Å². The molecule has 1 aliphatic rings. The average molecular weight is 352 g/mol. The van der Waals surface area contributed by atoms with Crippen LogP contribution in [0.25, 0.3) is 0 Å². The topological polar surface area (TPSA) is 67.9 Å². The molecule has 132 valence electrons. The van der Waals surface area contributed by atoms with Crippen molar-refractivity contribution in [1.82, 2.24) is 10.2 Å². The molecule has 2 atom stereocenters. The van der Waals surface area contributed by atoms with Crippen molar-refractivity contribution in [3.05, 3.63) is 23.8 Å². The number of thioether (sulfide) groups is 1. The van der Waals surface area contributed by atoms with Crippen LogP contribution in [0.2, 0.25) is 0 Å². The third-order valence-electron chi connectivity index (χ3n) is 3.89. The zero-order valence-electron chi connectivity index (χ0n) is 14.5. The Morgan fingerprint density at radius 3 is 2.62 bits per heavy atom. The summed E-state index contributed by atoms with van der Waals surface area (Å²) in [5.41, 5.74) is 0.964. The molecular formula is C17H24N2O4S. The minimum Gasteiger partial charge on any atom is -0.493 e. The first-order valence-electron chi connectivity index (χ1n) is 7.96. The minimum absolute atomic E-state index is 0.0408. The highest BCUT2D eigenvalue weighted by Gasteiger charge is 2.38. The zero-order valence-corrected chi connectivity index (χ0v) is 15.3. The van der Waals surface area contributed by atoms with Crippen LogP contribution in [0.4, 0.5) is 0 Å². The lowest BCUT2D eigenvalue weighted by molar-refractivity contribution is -0.130. The molecular weight excluding hydrogens is 328 g/mol. The molecule has 0 aromatic heterocycles. The van der Waals surface area contributed by atoms with Crippen molar-refractivity contribution in [1.29, 1.82) is 0 Å². The number of methoxy groups -OCH3 is 2. The van der Waals surface area contributed by atoms with Crippen LogP contribution in [0, 0.1) is 0 Å². The maximum absolute atomic E-state index is 12.5. The standard InChI is InChI=1S/C17H24N2O4S/c1-5-18-15(20)8-9-19-16(21)11(2)24-17(19)12-6-7-13(22-3)14(10-12)23-4/h6-7,10-11,17H,5,8-9H2,1-4H3,(H,18,20)/t11-,17-/m0/s1. The number of benzene rings is 1. The van der Waals surface area contributed by atoms with E-state index in [1.54, 1.807) is 30.9 Å². The molecule has 0 aliphatic carbocycles. The monoisotopic (exact) mass is 352 g/mol. The number of hydrogen-bond acceptors (Lipinski definition) is 5. The van der Waals surface area contributed by atoms with Crippen molar-refractivity contribution in [2.45, 2.75) is 30.9 Å². The van der Waals surface area contributed by atoms with Crippen LogP contribution in [0.1, 0.15) is 31.2 Å². The summed E-state index contributed by atoms with van der Waals surface area (Å²) in [6.07, 6.45) is 0.302. The van der Waals surface area contributed by atoms with E-state index >= 15 is 0 Å². The van der Waals surface area contributed by atoms with Gasteiger partial charge in [0.15, 0.2) is 11.5 Å². The number of nitrogens with one attached hydrogen (secondary N) is 1. The Hall–Kier alpha value is -1.89. The summed E-state index contributed by atoms with van der Waals surface area (Å²) >= 11 is 1.58. The molecule has 2 rings (SSSR count). The van der Waals surface area contributed by atoms with Crippen molar-refractivity contribution < 1.29 is 19.1 Å². The van der Waals surface area contributed by atoms with Gasteiger partial charge in [0.1, 0.15) is 5.37 Å². The van der Waals surface area contributed by atoms with Gasteiger partial charge in [-0.05, 0) is 31.5 Å². The van der Waals surface area contributed by atoms with E-state index in [0.717, 1.165) is 5.56 Å². The molecule has 1 saturated heterocycles. The molecule has 0 spiro atoms. The lowest BCUT2D eigenvalue weighted by Crippen LogP contribution is -2.34. The molecule has 1 aromatic rings. The first-order valence-corrected chi connectivity index (χ1v) is 8.90. The zero-order chi connectivity index (χ0) is 17.7. The molecule has 1 N–H and O–H groups in total. The fourth-order valence-corrected chi connectivity index (χ4v) is 3.97. The summed E-state index contributed by atoms with van der Waals surface area (Å²) in [4.78, 5) is 25.9. The van der Waals surface area contributed by atoms with E-state index in [-0.39, 0.29) is 22.4 Å². The van der Waals surface area contributed by atoms with Gasteiger partial charge in [-0.1, -0.05) is 6.07 Å². The molecule has 24 heavy (non-hydrogen) atoms. The lowest BCUT2D eigenvalue weighted by atomic mass is 10.1. The number of carbonyl (C=O) groups is 2. The Bertz CT molecular complexity index is 608. The number of hydrogen-bond donors (Lipinski definition) is 1. The van der Waals surface area contributed by atoms with E-state index in [1.165, 1.54) is 0 Å². The van der Waals surface area contributed by atoms with Crippen LogP contribution in [0.5, 0.6) is 11.5 Å². The molecule has 0 saturated carbocycles. The molecule has 6 nitrogen and oxygen atoms in total. The van der Waals surface area contributed by atoms with Gasteiger partial charge in [0.05, 0.1) is 19.5 Å². The van der Waals surface area contributed by atoms with Gasteiger partial charge in [-0.25, -0.2) is 0 Å². The Morgan fingerprint density at radius 2 is 2.00 bits per heavy atom. The van der Waals surface area contributed by atoms with Crippen molar-refractivity contribution in [3.63, 3.8) is 0 Å². The molecule has 1 aliphatic heterocycles. The highest BCUT2D eigenvalue weighted by Crippen LogP contribution is 2.44. The molecule has 1 heterocycles. The van der Waals surface area contributed by atoms with E-state index in [2.05, 4.69) is 5.32 Å². The first-order chi connectivity index (χ1) is 11.5.